The van der Waals surface area contributed by atoms with Crippen LogP contribution in [0.1, 0.15) is 13.8 Å². The molecule has 1 aliphatic carbocycles. The molecule has 0 aromatic heterocycles. The van der Waals surface area contributed by atoms with Crippen molar-refractivity contribution in [2.45, 2.75) is 20.0 Å². The SMILES string of the molecule is CN(CC(=O)NCC(F)(F)F)C(=O)[C@H]1[C@@H](C(=O)O)C1(C)C. The highest BCUT2D eigenvalue weighted by molar-refractivity contribution is 5.93. The van der Waals surface area contributed by atoms with Crippen LogP contribution in [0.4, 0.5) is 13.2 Å². The van der Waals surface area contributed by atoms with E-state index >= 15 is 0 Å². The minimum absolute atomic E-state index is 0.548. The highest BCUT2D eigenvalue weighted by atomic mass is 19.4. The van der Waals surface area contributed by atoms with Crippen molar-refractivity contribution in [2.24, 2.45) is 17.3 Å². The van der Waals surface area contributed by atoms with Gasteiger partial charge in [0, 0.05) is 7.05 Å². The van der Waals surface area contributed by atoms with E-state index in [1.807, 2.05) is 0 Å². The Kier molecular flexibility index (Phi) is 4.54. The number of carbonyl (C=O) groups is 3. The van der Waals surface area contributed by atoms with E-state index in [9.17, 15) is 27.6 Å². The number of carboxylic acids is 1. The Hall–Kier alpha value is -1.80. The van der Waals surface area contributed by atoms with Crippen molar-refractivity contribution in [1.82, 2.24) is 10.2 Å². The number of carbonyl (C=O) groups excluding carboxylic acids is 2. The summed E-state index contributed by atoms with van der Waals surface area (Å²) in [6, 6.07) is 0. The van der Waals surface area contributed by atoms with Crippen LogP contribution in [-0.2, 0) is 14.4 Å². The van der Waals surface area contributed by atoms with Crippen LogP contribution in [0, 0.1) is 17.3 Å². The van der Waals surface area contributed by atoms with Crippen molar-refractivity contribution in [1.29, 1.82) is 0 Å². The van der Waals surface area contributed by atoms with E-state index in [0.29, 0.717) is 0 Å². The molecular weight excluding hydrogens is 293 g/mol. The summed E-state index contributed by atoms with van der Waals surface area (Å²) < 4.78 is 35.8. The minimum Gasteiger partial charge on any atom is -0.481 e. The first kappa shape index (κ1) is 17.3. The highest BCUT2D eigenvalue weighted by Gasteiger charge is 2.66. The van der Waals surface area contributed by atoms with Crippen molar-refractivity contribution >= 4 is 17.8 Å². The third kappa shape index (κ3) is 4.08. The summed E-state index contributed by atoms with van der Waals surface area (Å²) >= 11 is 0. The molecule has 1 rings (SSSR count). The monoisotopic (exact) mass is 310 g/mol. The highest BCUT2D eigenvalue weighted by Crippen LogP contribution is 2.58. The molecule has 0 bridgehead atoms. The molecule has 1 aliphatic rings. The molecule has 0 unspecified atom stereocenters. The van der Waals surface area contributed by atoms with E-state index in [1.54, 1.807) is 19.2 Å². The second-order valence-corrected chi connectivity index (χ2v) is 5.70. The maximum absolute atomic E-state index is 12.0. The average molecular weight is 310 g/mol. The molecule has 21 heavy (non-hydrogen) atoms. The molecule has 9 heteroatoms. The maximum atomic E-state index is 12.0. The molecule has 0 spiro atoms. The molecule has 0 aliphatic heterocycles. The quantitative estimate of drug-likeness (QED) is 0.773. The van der Waals surface area contributed by atoms with E-state index in [1.165, 1.54) is 7.05 Å². The number of likely N-dealkylation sites (N-methyl/N-ethyl adjacent to an activating group) is 1. The van der Waals surface area contributed by atoms with Gasteiger partial charge in [0.25, 0.3) is 0 Å². The van der Waals surface area contributed by atoms with Gasteiger partial charge in [-0.05, 0) is 5.41 Å². The van der Waals surface area contributed by atoms with E-state index in [4.69, 9.17) is 5.11 Å². The van der Waals surface area contributed by atoms with Gasteiger partial charge in [-0.3, -0.25) is 14.4 Å². The zero-order valence-electron chi connectivity index (χ0n) is 11.8. The van der Waals surface area contributed by atoms with Crippen LogP contribution in [0.5, 0.6) is 0 Å². The fourth-order valence-electron chi connectivity index (χ4n) is 2.34. The van der Waals surface area contributed by atoms with Crippen molar-refractivity contribution in [2.75, 3.05) is 20.1 Å². The Bertz CT molecular complexity index is 462. The number of rotatable bonds is 5. The summed E-state index contributed by atoms with van der Waals surface area (Å²) in [6.07, 6.45) is -4.52. The molecular formula is C12H17F3N2O4. The number of amides is 2. The average Bonchev–Trinajstić information content (AvgIpc) is 2.87. The maximum Gasteiger partial charge on any atom is 0.405 e. The predicted molar refractivity (Wildman–Crippen MR) is 65.1 cm³/mol. The molecule has 0 heterocycles. The fourth-order valence-corrected chi connectivity index (χ4v) is 2.34. The van der Waals surface area contributed by atoms with Gasteiger partial charge in [-0.1, -0.05) is 13.8 Å². The van der Waals surface area contributed by atoms with Crippen molar-refractivity contribution < 1.29 is 32.7 Å². The Labute approximate surface area is 119 Å². The number of halogens is 3. The summed E-state index contributed by atoms with van der Waals surface area (Å²) in [5.41, 5.74) is -0.723. The van der Waals surface area contributed by atoms with Gasteiger partial charge in [0.1, 0.15) is 6.54 Å². The minimum atomic E-state index is -4.52. The number of hydrogen-bond acceptors (Lipinski definition) is 3. The van der Waals surface area contributed by atoms with Gasteiger partial charge in [0.2, 0.25) is 11.8 Å². The van der Waals surface area contributed by atoms with Gasteiger partial charge in [0.15, 0.2) is 0 Å². The first-order valence-electron chi connectivity index (χ1n) is 6.19. The molecule has 2 N–H and O–H groups in total. The standard InChI is InChI=1S/C12H17F3N2O4/c1-11(2)7(8(11)10(20)21)9(19)17(3)4-6(18)16-5-12(13,14)15/h7-8H,4-5H2,1-3H3,(H,16,18)(H,20,21)/t7-,8+/m1/s1. The molecule has 0 aromatic rings. The zero-order chi connectivity index (χ0) is 16.6. The first-order chi connectivity index (χ1) is 9.38. The molecule has 1 fully saturated rings. The number of aliphatic carboxylic acids is 1. The number of carboxylic acid groups (broad SMARTS) is 1. The van der Waals surface area contributed by atoms with E-state index in [-0.39, 0.29) is 0 Å². The topological polar surface area (TPSA) is 86.7 Å². The summed E-state index contributed by atoms with van der Waals surface area (Å²) in [5.74, 6) is -4.22. The van der Waals surface area contributed by atoms with Crippen LogP contribution in [0.3, 0.4) is 0 Å². The van der Waals surface area contributed by atoms with Crippen molar-refractivity contribution in [3.63, 3.8) is 0 Å². The van der Waals surface area contributed by atoms with Crippen LogP contribution in [0.25, 0.3) is 0 Å². The van der Waals surface area contributed by atoms with E-state index < -0.39 is 54.3 Å². The second-order valence-electron chi connectivity index (χ2n) is 5.70. The molecule has 0 saturated heterocycles. The summed E-state index contributed by atoms with van der Waals surface area (Å²) in [4.78, 5) is 35.3. The van der Waals surface area contributed by atoms with Gasteiger partial charge < -0.3 is 15.3 Å². The van der Waals surface area contributed by atoms with Gasteiger partial charge >= 0.3 is 12.1 Å². The molecule has 6 nitrogen and oxygen atoms in total. The van der Waals surface area contributed by atoms with Gasteiger partial charge in [-0.25, -0.2) is 0 Å². The van der Waals surface area contributed by atoms with Crippen LogP contribution in [0.15, 0.2) is 0 Å². The Morgan fingerprint density at radius 1 is 1.24 bits per heavy atom. The Morgan fingerprint density at radius 3 is 2.14 bits per heavy atom. The molecule has 1 saturated carbocycles. The lowest BCUT2D eigenvalue weighted by atomic mass is 10.1. The lowest BCUT2D eigenvalue weighted by molar-refractivity contribution is -0.144. The number of nitrogens with one attached hydrogen (secondary N) is 1. The van der Waals surface area contributed by atoms with Gasteiger partial charge in [0.05, 0.1) is 18.4 Å². The molecule has 0 radical (unpaired) electrons. The third-order valence-corrected chi connectivity index (χ3v) is 3.60. The predicted octanol–water partition coefficient (Wildman–Crippen LogP) is 0.480. The lowest BCUT2D eigenvalue weighted by Crippen LogP contribution is -2.42. The summed E-state index contributed by atoms with van der Waals surface area (Å²) in [5, 5.41) is 10.6. The van der Waals surface area contributed by atoms with Crippen LogP contribution >= 0.6 is 0 Å². The second kappa shape index (κ2) is 5.53. The fraction of sp³-hybridized carbons (Fsp3) is 0.750. The van der Waals surface area contributed by atoms with Crippen LogP contribution < -0.4 is 5.32 Å². The summed E-state index contributed by atoms with van der Waals surface area (Å²) in [6.45, 7) is 1.21. The molecule has 2 atom stereocenters. The van der Waals surface area contributed by atoms with Gasteiger partial charge in [-0.15, -0.1) is 0 Å². The van der Waals surface area contributed by atoms with Crippen molar-refractivity contribution in [3.8, 4) is 0 Å². The normalized spacial score (nSPS) is 23.3. The third-order valence-electron chi connectivity index (χ3n) is 3.60. The van der Waals surface area contributed by atoms with E-state index in [2.05, 4.69) is 0 Å². The molecule has 0 aromatic carbocycles. The molecule has 120 valence electrons. The van der Waals surface area contributed by atoms with Crippen LogP contribution in [-0.4, -0.2) is 54.1 Å². The Morgan fingerprint density at radius 2 is 1.76 bits per heavy atom. The van der Waals surface area contributed by atoms with Gasteiger partial charge in [-0.2, -0.15) is 13.2 Å². The first-order valence-corrected chi connectivity index (χ1v) is 6.19. The molecule has 2 amide bonds. The smallest absolute Gasteiger partial charge is 0.405 e. The number of alkyl halides is 3. The Balaban J connectivity index is 2.53. The number of nitrogens with zero attached hydrogens (tertiary/aromatic N) is 1. The van der Waals surface area contributed by atoms with Crippen molar-refractivity contribution in [3.05, 3.63) is 0 Å². The van der Waals surface area contributed by atoms with Crippen LogP contribution in [0.2, 0.25) is 0 Å². The lowest BCUT2D eigenvalue weighted by Gasteiger charge is -2.18. The zero-order valence-corrected chi connectivity index (χ0v) is 11.8. The summed E-state index contributed by atoms with van der Waals surface area (Å²) in [7, 11) is 1.25. The van der Waals surface area contributed by atoms with E-state index in [0.717, 1.165) is 4.90 Å². The number of hydrogen-bond donors (Lipinski definition) is 2. The largest absolute Gasteiger partial charge is 0.481 e.